The molecule has 2 N–H and O–H groups in total. The van der Waals surface area contributed by atoms with Gasteiger partial charge in [-0.25, -0.2) is 13.2 Å². The number of anilines is 1. The van der Waals surface area contributed by atoms with Gasteiger partial charge in [-0.3, -0.25) is 0 Å². The van der Waals surface area contributed by atoms with Gasteiger partial charge < -0.3 is 10.4 Å². The van der Waals surface area contributed by atoms with E-state index in [4.69, 9.17) is 0 Å². The van der Waals surface area contributed by atoms with E-state index in [1.165, 1.54) is 6.07 Å². The maximum atomic E-state index is 13.0. The van der Waals surface area contributed by atoms with Gasteiger partial charge in [0.2, 0.25) is 0 Å². The Morgan fingerprint density at radius 1 is 1.05 bits per heavy atom. The normalized spacial score (nSPS) is 10.5. The summed E-state index contributed by atoms with van der Waals surface area (Å²) in [7, 11) is 0. The van der Waals surface area contributed by atoms with Gasteiger partial charge >= 0.3 is 0 Å². The number of rotatable bonds is 3. The molecule has 0 unspecified atom stereocenters. The maximum Gasteiger partial charge on any atom is 0.194 e. The van der Waals surface area contributed by atoms with Gasteiger partial charge in [-0.2, -0.15) is 0 Å². The minimum absolute atomic E-state index is 0.0844. The van der Waals surface area contributed by atoms with Gasteiger partial charge in [0.15, 0.2) is 17.5 Å². The predicted molar refractivity (Wildman–Crippen MR) is 66.5 cm³/mol. The average molecular weight is 267 g/mol. The molecular formula is C14H12F3NO. The Morgan fingerprint density at radius 2 is 1.68 bits per heavy atom. The molecule has 0 aliphatic rings. The Morgan fingerprint density at radius 3 is 2.32 bits per heavy atom. The molecule has 0 amide bonds. The van der Waals surface area contributed by atoms with E-state index in [0.717, 1.165) is 17.7 Å². The molecule has 100 valence electrons. The van der Waals surface area contributed by atoms with Crippen molar-refractivity contribution in [2.45, 2.75) is 13.5 Å². The summed E-state index contributed by atoms with van der Waals surface area (Å²) >= 11 is 0. The average Bonchev–Trinajstić information content (AvgIpc) is 2.37. The molecule has 0 aliphatic heterocycles. The first-order chi connectivity index (χ1) is 8.97. The molecule has 2 rings (SSSR count). The molecule has 0 spiro atoms. The Bertz CT molecular complexity index is 591. The zero-order valence-corrected chi connectivity index (χ0v) is 10.2. The number of aromatic hydroxyl groups is 1. The van der Waals surface area contributed by atoms with Gasteiger partial charge in [-0.05, 0) is 13.0 Å². The lowest BCUT2D eigenvalue weighted by molar-refractivity contribution is 0.447. The van der Waals surface area contributed by atoms with E-state index in [0.29, 0.717) is 5.56 Å². The maximum absolute atomic E-state index is 13.0. The molecule has 0 heterocycles. The molecule has 0 aromatic heterocycles. The summed E-state index contributed by atoms with van der Waals surface area (Å²) in [5.41, 5.74) is 1.65. The van der Waals surface area contributed by atoms with Crippen LogP contribution in [0.25, 0.3) is 0 Å². The highest BCUT2D eigenvalue weighted by Crippen LogP contribution is 2.21. The first kappa shape index (κ1) is 13.3. The van der Waals surface area contributed by atoms with Crippen molar-refractivity contribution >= 4 is 5.69 Å². The van der Waals surface area contributed by atoms with Crippen molar-refractivity contribution in [3.05, 3.63) is 58.9 Å². The fourth-order valence-corrected chi connectivity index (χ4v) is 1.71. The molecule has 2 nitrogen and oxygen atoms in total. The zero-order chi connectivity index (χ0) is 14.0. The first-order valence-electron chi connectivity index (χ1n) is 5.64. The van der Waals surface area contributed by atoms with Crippen LogP contribution in [0, 0.1) is 24.4 Å². The summed E-state index contributed by atoms with van der Waals surface area (Å²) in [5, 5.41) is 12.3. The standard InChI is InChI=1S/C14H12F3NO/c1-8-2-3-13(19)9(4-8)7-18-10-5-11(15)14(17)12(16)6-10/h2-6,18-19H,7H2,1H3. The van der Waals surface area contributed by atoms with Crippen molar-refractivity contribution in [1.29, 1.82) is 0 Å². The second kappa shape index (κ2) is 5.22. The van der Waals surface area contributed by atoms with E-state index < -0.39 is 17.5 Å². The van der Waals surface area contributed by atoms with Gasteiger partial charge in [0.25, 0.3) is 0 Å². The Balaban J connectivity index is 2.17. The number of nitrogens with one attached hydrogen (secondary N) is 1. The first-order valence-corrected chi connectivity index (χ1v) is 5.64. The van der Waals surface area contributed by atoms with Crippen LogP contribution in [0.2, 0.25) is 0 Å². The SMILES string of the molecule is Cc1ccc(O)c(CNc2cc(F)c(F)c(F)c2)c1. The number of hydrogen-bond donors (Lipinski definition) is 2. The van der Waals surface area contributed by atoms with Gasteiger partial charge in [-0.15, -0.1) is 0 Å². The van der Waals surface area contributed by atoms with Crippen LogP contribution in [0.5, 0.6) is 5.75 Å². The third kappa shape index (κ3) is 2.99. The van der Waals surface area contributed by atoms with E-state index in [9.17, 15) is 18.3 Å². The van der Waals surface area contributed by atoms with E-state index in [1.54, 1.807) is 12.1 Å². The van der Waals surface area contributed by atoms with Crippen molar-refractivity contribution in [2.24, 2.45) is 0 Å². The molecule has 0 radical (unpaired) electrons. The van der Waals surface area contributed by atoms with E-state index in [1.807, 2.05) is 6.92 Å². The van der Waals surface area contributed by atoms with E-state index in [-0.39, 0.29) is 18.0 Å². The zero-order valence-electron chi connectivity index (χ0n) is 10.2. The van der Waals surface area contributed by atoms with E-state index in [2.05, 4.69) is 5.32 Å². The second-order valence-corrected chi connectivity index (χ2v) is 4.24. The number of phenols is 1. The third-order valence-corrected chi connectivity index (χ3v) is 2.70. The largest absolute Gasteiger partial charge is 0.508 e. The number of aryl methyl sites for hydroxylation is 1. The minimum atomic E-state index is -1.50. The van der Waals surface area contributed by atoms with Crippen LogP contribution in [0.15, 0.2) is 30.3 Å². The second-order valence-electron chi connectivity index (χ2n) is 4.24. The quantitative estimate of drug-likeness (QED) is 0.830. The lowest BCUT2D eigenvalue weighted by atomic mass is 10.1. The number of benzene rings is 2. The highest BCUT2D eigenvalue weighted by atomic mass is 19.2. The number of hydrogen-bond acceptors (Lipinski definition) is 2. The predicted octanol–water partition coefficient (Wildman–Crippen LogP) is 3.73. The smallest absolute Gasteiger partial charge is 0.194 e. The molecular weight excluding hydrogens is 255 g/mol. The molecule has 2 aromatic carbocycles. The lowest BCUT2D eigenvalue weighted by Crippen LogP contribution is -2.02. The third-order valence-electron chi connectivity index (χ3n) is 2.70. The fraction of sp³-hybridized carbons (Fsp3) is 0.143. The van der Waals surface area contributed by atoms with Crippen molar-refractivity contribution in [3.63, 3.8) is 0 Å². The van der Waals surface area contributed by atoms with Crippen molar-refractivity contribution < 1.29 is 18.3 Å². The summed E-state index contributed by atoms with van der Waals surface area (Å²) in [5.74, 6) is -3.92. The summed E-state index contributed by atoms with van der Waals surface area (Å²) in [6.07, 6.45) is 0. The fourth-order valence-electron chi connectivity index (χ4n) is 1.71. The molecule has 0 atom stereocenters. The topological polar surface area (TPSA) is 32.3 Å². The highest BCUT2D eigenvalue weighted by molar-refractivity contribution is 5.46. The van der Waals surface area contributed by atoms with Crippen LogP contribution in [0.1, 0.15) is 11.1 Å². The van der Waals surface area contributed by atoms with Crippen molar-refractivity contribution in [1.82, 2.24) is 0 Å². The monoisotopic (exact) mass is 267 g/mol. The van der Waals surface area contributed by atoms with Gasteiger partial charge in [0.05, 0.1) is 0 Å². The lowest BCUT2D eigenvalue weighted by Gasteiger charge is -2.09. The summed E-state index contributed by atoms with van der Waals surface area (Å²) in [4.78, 5) is 0. The van der Waals surface area contributed by atoms with Crippen LogP contribution in [-0.4, -0.2) is 5.11 Å². The highest BCUT2D eigenvalue weighted by Gasteiger charge is 2.10. The minimum Gasteiger partial charge on any atom is -0.508 e. The Hall–Kier alpha value is -2.17. The number of halogens is 3. The van der Waals surface area contributed by atoms with E-state index >= 15 is 0 Å². The summed E-state index contributed by atoms with van der Waals surface area (Å²) in [6.45, 7) is 2.04. The van der Waals surface area contributed by atoms with Gasteiger partial charge in [0.1, 0.15) is 5.75 Å². The summed E-state index contributed by atoms with van der Waals surface area (Å²) in [6, 6.07) is 6.77. The molecule has 0 bridgehead atoms. The van der Waals surface area contributed by atoms with Crippen molar-refractivity contribution in [2.75, 3.05) is 5.32 Å². The molecule has 0 fully saturated rings. The Labute approximate surface area is 108 Å². The molecule has 0 saturated carbocycles. The van der Waals surface area contributed by atoms with Crippen LogP contribution >= 0.6 is 0 Å². The van der Waals surface area contributed by atoms with Crippen LogP contribution in [-0.2, 0) is 6.54 Å². The molecule has 0 aliphatic carbocycles. The molecule has 5 heteroatoms. The van der Waals surface area contributed by atoms with Crippen LogP contribution in [0.3, 0.4) is 0 Å². The van der Waals surface area contributed by atoms with Gasteiger partial charge in [0, 0.05) is 29.9 Å². The Kier molecular flexibility index (Phi) is 3.64. The molecule has 19 heavy (non-hydrogen) atoms. The van der Waals surface area contributed by atoms with Crippen molar-refractivity contribution in [3.8, 4) is 5.75 Å². The van der Waals surface area contributed by atoms with Crippen LogP contribution < -0.4 is 5.32 Å². The molecule has 0 saturated heterocycles. The van der Waals surface area contributed by atoms with Gasteiger partial charge in [-0.1, -0.05) is 17.7 Å². The summed E-state index contributed by atoms with van der Waals surface area (Å²) < 4.78 is 38.8. The molecule has 2 aromatic rings. The van der Waals surface area contributed by atoms with Crippen LogP contribution in [0.4, 0.5) is 18.9 Å². The number of phenolic OH excluding ortho intramolecular Hbond substituents is 1.